The van der Waals surface area contributed by atoms with E-state index < -0.39 is 0 Å². The summed E-state index contributed by atoms with van der Waals surface area (Å²) >= 11 is 0. The minimum Gasteiger partial charge on any atom is -0.460 e. The van der Waals surface area contributed by atoms with E-state index in [1.54, 1.807) is 6.92 Å². The second kappa shape index (κ2) is 6.66. The summed E-state index contributed by atoms with van der Waals surface area (Å²) < 4.78 is 10.1. The minimum absolute atomic E-state index is 0.225. The second-order valence-corrected chi connectivity index (χ2v) is 3.01. The summed E-state index contributed by atoms with van der Waals surface area (Å²) in [5.41, 5.74) is 0.420. The standard InChI is InChI=1S/C10H18O3/c1-5-9(4)12-6-7-13-10(11)8(2)3/h9H,2,5-7H2,1,3-4H3. The average Bonchev–Trinajstić information content (AvgIpc) is 2.11. The van der Waals surface area contributed by atoms with E-state index in [2.05, 4.69) is 6.58 Å². The molecule has 0 spiro atoms. The fraction of sp³-hybridized carbons (Fsp3) is 0.700. The normalized spacial score (nSPS) is 12.2. The van der Waals surface area contributed by atoms with Gasteiger partial charge in [0.25, 0.3) is 0 Å². The molecule has 3 heteroatoms. The Morgan fingerprint density at radius 2 is 2.08 bits per heavy atom. The van der Waals surface area contributed by atoms with E-state index in [4.69, 9.17) is 9.47 Å². The van der Waals surface area contributed by atoms with Crippen molar-refractivity contribution in [3.63, 3.8) is 0 Å². The lowest BCUT2D eigenvalue weighted by atomic mass is 10.3. The van der Waals surface area contributed by atoms with E-state index in [1.807, 2.05) is 13.8 Å². The Hall–Kier alpha value is -0.830. The molecule has 0 aliphatic heterocycles. The Bertz CT molecular complexity index is 175. The van der Waals surface area contributed by atoms with Crippen LogP contribution in [0, 0.1) is 0 Å². The molecular formula is C10H18O3. The van der Waals surface area contributed by atoms with Crippen LogP contribution < -0.4 is 0 Å². The van der Waals surface area contributed by atoms with Crippen LogP contribution in [0.3, 0.4) is 0 Å². The van der Waals surface area contributed by atoms with Crippen LogP contribution in [0.5, 0.6) is 0 Å². The van der Waals surface area contributed by atoms with Crippen LogP contribution in [0.25, 0.3) is 0 Å². The third-order valence-electron chi connectivity index (χ3n) is 1.64. The number of ether oxygens (including phenoxy) is 2. The zero-order chi connectivity index (χ0) is 10.3. The predicted molar refractivity (Wildman–Crippen MR) is 51.5 cm³/mol. The van der Waals surface area contributed by atoms with Gasteiger partial charge in [-0.05, 0) is 20.3 Å². The molecule has 13 heavy (non-hydrogen) atoms. The maximum atomic E-state index is 10.9. The number of esters is 1. The summed E-state index contributed by atoms with van der Waals surface area (Å²) in [6.07, 6.45) is 1.19. The summed E-state index contributed by atoms with van der Waals surface area (Å²) in [6.45, 7) is 9.88. The topological polar surface area (TPSA) is 35.5 Å². The van der Waals surface area contributed by atoms with Gasteiger partial charge in [0.1, 0.15) is 6.61 Å². The van der Waals surface area contributed by atoms with Crippen LogP contribution in [0.2, 0.25) is 0 Å². The fourth-order valence-electron chi connectivity index (χ4n) is 0.625. The van der Waals surface area contributed by atoms with Crippen molar-refractivity contribution in [2.45, 2.75) is 33.3 Å². The Balaban J connectivity index is 3.36. The van der Waals surface area contributed by atoms with Gasteiger partial charge in [-0.2, -0.15) is 0 Å². The number of rotatable bonds is 6. The van der Waals surface area contributed by atoms with Crippen LogP contribution in [0.4, 0.5) is 0 Å². The molecule has 0 aromatic carbocycles. The SMILES string of the molecule is C=C(C)C(=O)OCCOC(C)CC. The zero-order valence-corrected chi connectivity index (χ0v) is 8.63. The number of carbonyl (C=O) groups is 1. The number of hydrogen-bond donors (Lipinski definition) is 0. The molecule has 0 heterocycles. The van der Waals surface area contributed by atoms with Gasteiger partial charge in [-0.25, -0.2) is 4.79 Å². The molecule has 0 fully saturated rings. The van der Waals surface area contributed by atoms with Crippen LogP contribution in [0.15, 0.2) is 12.2 Å². The zero-order valence-electron chi connectivity index (χ0n) is 8.63. The quantitative estimate of drug-likeness (QED) is 0.361. The number of carbonyl (C=O) groups excluding carboxylic acids is 1. The second-order valence-electron chi connectivity index (χ2n) is 3.01. The molecule has 0 bridgehead atoms. The molecule has 0 radical (unpaired) electrons. The van der Waals surface area contributed by atoms with Gasteiger partial charge in [-0.15, -0.1) is 0 Å². The highest BCUT2D eigenvalue weighted by atomic mass is 16.6. The Morgan fingerprint density at radius 3 is 2.54 bits per heavy atom. The molecule has 1 atom stereocenters. The van der Waals surface area contributed by atoms with E-state index >= 15 is 0 Å². The Labute approximate surface area is 79.7 Å². The molecule has 0 rings (SSSR count). The summed E-state index contributed by atoms with van der Waals surface area (Å²) in [6, 6.07) is 0. The first-order valence-corrected chi connectivity index (χ1v) is 4.52. The summed E-state index contributed by atoms with van der Waals surface area (Å²) in [5.74, 6) is -0.354. The van der Waals surface area contributed by atoms with Gasteiger partial charge in [-0.3, -0.25) is 0 Å². The van der Waals surface area contributed by atoms with E-state index in [-0.39, 0.29) is 12.1 Å². The summed E-state index contributed by atoms with van der Waals surface area (Å²) in [4.78, 5) is 10.9. The number of hydrogen-bond acceptors (Lipinski definition) is 3. The maximum absolute atomic E-state index is 10.9. The van der Waals surface area contributed by atoms with Gasteiger partial charge in [0.2, 0.25) is 0 Å². The van der Waals surface area contributed by atoms with Crippen LogP contribution >= 0.6 is 0 Å². The molecule has 0 N–H and O–H groups in total. The van der Waals surface area contributed by atoms with Crippen molar-refractivity contribution in [1.29, 1.82) is 0 Å². The van der Waals surface area contributed by atoms with Crippen molar-refractivity contribution >= 4 is 5.97 Å². The largest absolute Gasteiger partial charge is 0.460 e. The Kier molecular flexibility index (Phi) is 6.24. The first-order chi connectivity index (χ1) is 6.07. The third kappa shape index (κ3) is 6.34. The van der Waals surface area contributed by atoms with Crippen molar-refractivity contribution in [1.82, 2.24) is 0 Å². The van der Waals surface area contributed by atoms with Crippen LogP contribution in [-0.2, 0) is 14.3 Å². The highest BCUT2D eigenvalue weighted by Gasteiger charge is 2.03. The monoisotopic (exact) mass is 186 g/mol. The van der Waals surface area contributed by atoms with Crippen molar-refractivity contribution in [2.75, 3.05) is 13.2 Å². The van der Waals surface area contributed by atoms with Gasteiger partial charge < -0.3 is 9.47 Å². The predicted octanol–water partition coefficient (Wildman–Crippen LogP) is 1.92. The molecule has 0 aromatic heterocycles. The molecule has 0 aliphatic carbocycles. The first kappa shape index (κ1) is 12.2. The molecule has 0 aliphatic rings. The fourth-order valence-corrected chi connectivity index (χ4v) is 0.625. The van der Waals surface area contributed by atoms with Gasteiger partial charge >= 0.3 is 5.97 Å². The lowest BCUT2D eigenvalue weighted by Gasteiger charge is -2.10. The van der Waals surface area contributed by atoms with Crippen molar-refractivity contribution < 1.29 is 14.3 Å². The first-order valence-electron chi connectivity index (χ1n) is 4.52. The highest BCUT2D eigenvalue weighted by molar-refractivity contribution is 5.86. The van der Waals surface area contributed by atoms with E-state index in [0.717, 1.165) is 6.42 Å². The van der Waals surface area contributed by atoms with Gasteiger partial charge in [0.05, 0.1) is 12.7 Å². The van der Waals surface area contributed by atoms with Crippen LogP contribution in [-0.4, -0.2) is 25.3 Å². The third-order valence-corrected chi connectivity index (χ3v) is 1.64. The molecule has 0 saturated heterocycles. The lowest BCUT2D eigenvalue weighted by molar-refractivity contribution is -0.141. The average molecular weight is 186 g/mol. The molecule has 0 amide bonds. The molecule has 0 saturated carbocycles. The summed E-state index contributed by atoms with van der Waals surface area (Å²) in [7, 11) is 0. The van der Waals surface area contributed by atoms with E-state index in [1.165, 1.54) is 0 Å². The molecule has 3 nitrogen and oxygen atoms in total. The molecule has 0 aromatic rings. The van der Waals surface area contributed by atoms with Crippen molar-refractivity contribution in [3.8, 4) is 0 Å². The molecule has 1 unspecified atom stereocenters. The van der Waals surface area contributed by atoms with Gasteiger partial charge in [0.15, 0.2) is 0 Å². The smallest absolute Gasteiger partial charge is 0.333 e. The van der Waals surface area contributed by atoms with E-state index in [9.17, 15) is 4.79 Å². The van der Waals surface area contributed by atoms with Crippen molar-refractivity contribution in [2.24, 2.45) is 0 Å². The summed E-state index contributed by atoms with van der Waals surface area (Å²) in [5, 5.41) is 0. The Morgan fingerprint density at radius 1 is 1.46 bits per heavy atom. The molecule has 76 valence electrons. The highest BCUT2D eigenvalue weighted by Crippen LogP contribution is 1.96. The molecular weight excluding hydrogens is 168 g/mol. The van der Waals surface area contributed by atoms with Gasteiger partial charge in [0, 0.05) is 5.57 Å². The van der Waals surface area contributed by atoms with Crippen LogP contribution in [0.1, 0.15) is 27.2 Å². The van der Waals surface area contributed by atoms with Gasteiger partial charge in [-0.1, -0.05) is 13.5 Å². The minimum atomic E-state index is -0.354. The maximum Gasteiger partial charge on any atom is 0.333 e. The van der Waals surface area contributed by atoms with E-state index in [0.29, 0.717) is 18.8 Å². The van der Waals surface area contributed by atoms with Crippen molar-refractivity contribution in [3.05, 3.63) is 12.2 Å². The lowest BCUT2D eigenvalue weighted by Crippen LogP contribution is -2.14.